The molecule has 2 atom stereocenters. The van der Waals surface area contributed by atoms with Crippen LogP contribution in [0.1, 0.15) is 39.0 Å². The molecule has 0 radical (unpaired) electrons. The van der Waals surface area contributed by atoms with Gasteiger partial charge >= 0.3 is 5.97 Å². The van der Waals surface area contributed by atoms with Crippen molar-refractivity contribution >= 4 is 5.97 Å². The highest BCUT2D eigenvalue weighted by Crippen LogP contribution is 2.26. The highest BCUT2D eigenvalue weighted by molar-refractivity contribution is 5.70. The van der Waals surface area contributed by atoms with Crippen LogP contribution in [0.15, 0.2) is 0 Å². The number of carbonyl (C=O) groups excluding carboxylic acids is 1. The Bertz CT molecular complexity index is 226. The van der Waals surface area contributed by atoms with Gasteiger partial charge in [-0.05, 0) is 44.2 Å². The van der Waals surface area contributed by atoms with E-state index in [1.807, 2.05) is 0 Å². The number of hydrogen-bond acceptors (Lipinski definition) is 3. The van der Waals surface area contributed by atoms with Gasteiger partial charge < -0.3 is 10.1 Å². The summed E-state index contributed by atoms with van der Waals surface area (Å²) in [6.07, 6.45) is 5.45. The molecular formula is C12H21NO2. The molecule has 0 bridgehead atoms. The summed E-state index contributed by atoms with van der Waals surface area (Å²) in [5.41, 5.74) is 0. The lowest BCUT2D eigenvalue weighted by Crippen LogP contribution is -2.43. The summed E-state index contributed by atoms with van der Waals surface area (Å²) in [6.45, 7) is 4.21. The van der Waals surface area contributed by atoms with Crippen molar-refractivity contribution in [3.05, 3.63) is 0 Å². The highest BCUT2D eigenvalue weighted by atomic mass is 16.5. The third-order valence-corrected chi connectivity index (χ3v) is 3.51. The molecule has 3 heteroatoms. The van der Waals surface area contributed by atoms with E-state index in [1.54, 1.807) is 0 Å². The Morgan fingerprint density at radius 3 is 2.80 bits per heavy atom. The number of nitrogens with one attached hydrogen (secondary N) is 1. The fourth-order valence-corrected chi connectivity index (χ4v) is 2.45. The molecule has 0 aromatic heterocycles. The van der Waals surface area contributed by atoms with Crippen LogP contribution < -0.4 is 5.32 Å². The average Bonchev–Trinajstić information content (AvgIpc) is 2.11. The van der Waals surface area contributed by atoms with Crippen molar-refractivity contribution < 1.29 is 9.53 Å². The van der Waals surface area contributed by atoms with Crippen LogP contribution in [0.2, 0.25) is 0 Å². The number of carbonyl (C=O) groups is 1. The van der Waals surface area contributed by atoms with E-state index in [2.05, 4.69) is 12.2 Å². The molecule has 3 nitrogen and oxygen atoms in total. The third-order valence-electron chi connectivity index (χ3n) is 3.51. The molecule has 2 fully saturated rings. The quantitative estimate of drug-likeness (QED) is 0.722. The van der Waals surface area contributed by atoms with Crippen molar-refractivity contribution in [2.24, 2.45) is 11.8 Å². The smallest absolute Gasteiger partial charge is 0.306 e. The maximum atomic E-state index is 11.6. The number of rotatable bonds is 3. The van der Waals surface area contributed by atoms with Crippen LogP contribution in [-0.4, -0.2) is 25.2 Å². The molecule has 2 rings (SSSR count). The van der Waals surface area contributed by atoms with Gasteiger partial charge in [0.05, 0.1) is 6.42 Å². The molecule has 1 saturated heterocycles. The summed E-state index contributed by atoms with van der Waals surface area (Å²) in [7, 11) is 0. The summed E-state index contributed by atoms with van der Waals surface area (Å²) < 4.78 is 5.50. The summed E-state index contributed by atoms with van der Waals surface area (Å²) in [5.74, 6) is 1.26. The van der Waals surface area contributed by atoms with Gasteiger partial charge in [-0.1, -0.05) is 13.3 Å². The van der Waals surface area contributed by atoms with Gasteiger partial charge in [-0.25, -0.2) is 0 Å². The lowest BCUT2D eigenvalue weighted by Gasteiger charge is -2.29. The topological polar surface area (TPSA) is 38.3 Å². The summed E-state index contributed by atoms with van der Waals surface area (Å²) in [5, 5.41) is 3.17. The molecule has 1 aliphatic heterocycles. The first kappa shape index (κ1) is 10.9. The predicted octanol–water partition coefficient (Wildman–Crippen LogP) is 1.72. The van der Waals surface area contributed by atoms with Crippen LogP contribution in [0.4, 0.5) is 0 Å². The molecule has 0 amide bonds. The Kier molecular flexibility index (Phi) is 3.62. The van der Waals surface area contributed by atoms with Crippen LogP contribution in [-0.2, 0) is 9.53 Å². The number of ether oxygens (including phenoxy) is 1. The largest absolute Gasteiger partial charge is 0.462 e. The van der Waals surface area contributed by atoms with E-state index in [9.17, 15) is 4.79 Å². The molecule has 15 heavy (non-hydrogen) atoms. The van der Waals surface area contributed by atoms with E-state index in [0.717, 1.165) is 31.8 Å². The van der Waals surface area contributed by atoms with E-state index >= 15 is 0 Å². The number of hydrogen-bond donors (Lipinski definition) is 1. The lowest BCUT2D eigenvalue weighted by atomic mass is 9.88. The Hall–Kier alpha value is -0.570. The Labute approximate surface area is 91.6 Å². The van der Waals surface area contributed by atoms with Crippen LogP contribution in [0.3, 0.4) is 0 Å². The SMILES string of the molecule is CC1CCCC(OC(=O)CC2CNC2)C1. The van der Waals surface area contributed by atoms with Crippen molar-refractivity contribution in [1.29, 1.82) is 0 Å². The van der Waals surface area contributed by atoms with Crippen molar-refractivity contribution in [3.8, 4) is 0 Å². The predicted molar refractivity (Wildman–Crippen MR) is 58.5 cm³/mol. The number of esters is 1. The molecule has 0 aromatic carbocycles. The van der Waals surface area contributed by atoms with Crippen molar-refractivity contribution in [1.82, 2.24) is 5.32 Å². The fourth-order valence-electron chi connectivity index (χ4n) is 2.45. The van der Waals surface area contributed by atoms with Gasteiger partial charge in [-0.15, -0.1) is 0 Å². The van der Waals surface area contributed by atoms with Crippen LogP contribution >= 0.6 is 0 Å². The minimum Gasteiger partial charge on any atom is -0.462 e. The Morgan fingerprint density at radius 1 is 1.40 bits per heavy atom. The van der Waals surface area contributed by atoms with Crippen molar-refractivity contribution in [2.45, 2.75) is 45.1 Å². The first-order valence-corrected chi connectivity index (χ1v) is 6.14. The maximum absolute atomic E-state index is 11.6. The first-order chi connectivity index (χ1) is 7.24. The second-order valence-corrected chi connectivity index (χ2v) is 5.11. The van der Waals surface area contributed by atoms with Gasteiger partial charge in [-0.2, -0.15) is 0 Å². The minimum absolute atomic E-state index is 0.0144. The monoisotopic (exact) mass is 211 g/mol. The molecule has 1 saturated carbocycles. The zero-order valence-electron chi connectivity index (χ0n) is 9.50. The minimum atomic E-state index is 0.0144. The van der Waals surface area contributed by atoms with Gasteiger partial charge in [0.25, 0.3) is 0 Å². The van der Waals surface area contributed by atoms with Crippen LogP contribution in [0.5, 0.6) is 0 Å². The second-order valence-electron chi connectivity index (χ2n) is 5.11. The lowest BCUT2D eigenvalue weighted by molar-refractivity contribution is -0.152. The van der Waals surface area contributed by atoms with Gasteiger partial charge in [0.15, 0.2) is 0 Å². The summed E-state index contributed by atoms with van der Waals surface area (Å²) >= 11 is 0. The molecule has 0 aromatic rings. The molecule has 2 unspecified atom stereocenters. The normalized spacial score (nSPS) is 32.1. The molecular weight excluding hydrogens is 190 g/mol. The summed E-state index contributed by atoms with van der Waals surface area (Å²) in [6, 6.07) is 0. The third kappa shape index (κ3) is 3.20. The van der Waals surface area contributed by atoms with Gasteiger partial charge in [-0.3, -0.25) is 4.79 Å². The van der Waals surface area contributed by atoms with Crippen LogP contribution in [0, 0.1) is 11.8 Å². The van der Waals surface area contributed by atoms with Gasteiger partial charge in [0.2, 0.25) is 0 Å². The second kappa shape index (κ2) is 4.97. The van der Waals surface area contributed by atoms with Crippen LogP contribution in [0.25, 0.3) is 0 Å². The van der Waals surface area contributed by atoms with Crippen molar-refractivity contribution in [3.63, 3.8) is 0 Å². The van der Waals surface area contributed by atoms with E-state index < -0.39 is 0 Å². The molecule has 86 valence electrons. The average molecular weight is 211 g/mol. The van der Waals surface area contributed by atoms with E-state index in [0.29, 0.717) is 12.3 Å². The molecule has 1 heterocycles. The zero-order valence-corrected chi connectivity index (χ0v) is 9.50. The highest BCUT2D eigenvalue weighted by Gasteiger charge is 2.25. The van der Waals surface area contributed by atoms with Gasteiger partial charge in [0.1, 0.15) is 6.10 Å². The molecule has 1 aliphatic carbocycles. The molecule has 1 N–H and O–H groups in total. The Balaban J connectivity index is 1.68. The van der Waals surface area contributed by atoms with E-state index in [1.165, 1.54) is 12.8 Å². The molecule has 0 spiro atoms. The zero-order chi connectivity index (χ0) is 10.7. The van der Waals surface area contributed by atoms with E-state index in [4.69, 9.17) is 4.74 Å². The van der Waals surface area contributed by atoms with Crippen molar-refractivity contribution in [2.75, 3.05) is 13.1 Å². The fraction of sp³-hybridized carbons (Fsp3) is 0.917. The Morgan fingerprint density at radius 2 is 2.20 bits per heavy atom. The van der Waals surface area contributed by atoms with E-state index in [-0.39, 0.29) is 12.1 Å². The summed E-state index contributed by atoms with van der Waals surface area (Å²) in [4.78, 5) is 11.6. The first-order valence-electron chi connectivity index (χ1n) is 6.14. The standard InChI is InChI=1S/C12H21NO2/c1-9-3-2-4-11(5-9)15-12(14)6-10-7-13-8-10/h9-11,13H,2-8H2,1H3. The van der Waals surface area contributed by atoms with Gasteiger partial charge in [0, 0.05) is 0 Å². The maximum Gasteiger partial charge on any atom is 0.306 e. The molecule has 2 aliphatic rings.